The lowest BCUT2D eigenvalue weighted by Gasteiger charge is -2.24. The van der Waals surface area contributed by atoms with Crippen molar-refractivity contribution in [1.29, 1.82) is 0 Å². The van der Waals surface area contributed by atoms with Gasteiger partial charge in [0.2, 0.25) is 0 Å². The summed E-state index contributed by atoms with van der Waals surface area (Å²) in [5, 5.41) is 1.56. The Hall–Kier alpha value is -1.06. The predicted octanol–water partition coefficient (Wildman–Crippen LogP) is 4.05. The van der Waals surface area contributed by atoms with Crippen molar-refractivity contribution in [2.45, 2.75) is 19.0 Å². The normalized spacial score (nSPS) is 18.0. The molecular weight excluding hydrogens is 303 g/mol. The van der Waals surface area contributed by atoms with Gasteiger partial charge in [0.15, 0.2) is 0 Å². The molecule has 0 spiro atoms. The fourth-order valence-corrected chi connectivity index (χ4v) is 3.57. The third-order valence-corrected chi connectivity index (χ3v) is 4.82. The number of hydrogen-bond acceptors (Lipinski definition) is 2. The van der Waals surface area contributed by atoms with Crippen LogP contribution in [0.2, 0.25) is 10.0 Å². The highest BCUT2D eigenvalue weighted by Crippen LogP contribution is 2.41. The van der Waals surface area contributed by atoms with Crippen LogP contribution in [0.5, 0.6) is 0 Å². The summed E-state index contributed by atoms with van der Waals surface area (Å²) in [7, 11) is 0. The van der Waals surface area contributed by atoms with Crippen molar-refractivity contribution < 1.29 is 0 Å². The third kappa shape index (κ3) is 2.95. The van der Waals surface area contributed by atoms with E-state index < -0.39 is 0 Å². The summed E-state index contributed by atoms with van der Waals surface area (Å²) in [5.41, 5.74) is 9.56. The minimum Gasteiger partial charge on any atom is -0.329 e. The van der Waals surface area contributed by atoms with Crippen molar-refractivity contribution in [3.8, 4) is 0 Å². The molecule has 1 unspecified atom stereocenters. The standard InChI is InChI=1S/C17H18Cl2N2/c18-14-6-7-15(19)17-13(14)11-21(16(17)10-20)9-8-12-4-2-1-3-5-12/h1-7,16H,8-11,20H2. The summed E-state index contributed by atoms with van der Waals surface area (Å²) in [5.74, 6) is 0. The van der Waals surface area contributed by atoms with Gasteiger partial charge in [-0.05, 0) is 35.2 Å². The second-order valence-corrected chi connectivity index (χ2v) is 6.19. The van der Waals surface area contributed by atoms with Crippen LogP contribution in [-0.4, -0.2) is 18.0 Å². The van der Waals surface area contributed by atoms with Gasteiger partial charge in [0.1, 0.15) is 0 Å². The van der Waals surface area contributed by atoms with Gasteiger partial charge in [-0.1, -0.05) is 53.5 Å². The van der Waals surface area contributed by atoms with Crippen LogP contribution in [0, 0.1) is 0 Å². The smallest absolute Gasteiger partial charge is 0.0492 e. The lowest BCUT2D eigenvalue weighted by Crippen LogP contribution is -2.29. The number of rotatable bonds is 4. The van der Waals surface area contributed by atoms with Gasteiger partial charge >= 0.3 is 0 Å². The monoisotopic (exact) mass is 320 g/mol. The van der Waals surface area contributed by atoms with Crippen molar-refractivity contribution in [2.75, 3.05) is 13.1 Å². The SMILES string of the molecule is NCC1c2c(Cl)ccc(Cl)c2CN1CCc1ccccc1. The Labute approximate surface area is 135 Å². The largest absolute Gasteiger partial charge is 0.329 e. The van der Waals surface area contributed by atoms with Crippen LogP contribution in [-0.2, 0) is 13.0 Å². The number of fused-ring (bicyclic) bond motifs is 1. The molecule has 1 heterocycles. The van der Waals surface area contributed by atoms with E-state index in [0.717, 1.165) is 40.7 Å². The molecular formula is C17H18Cl2N2. The lowest BCUT2D eigenvalue weighted by atomic mass is 10.0. The number of benzene rings is 2. The maximum atomic E-state index is 6.36. The first kappa shape index (κ1) is 14.9. The molecule has 0 bridgehead atoms. The van der Waals surface area contributed by atoms with E-state index in [1.54, 1.807) is 0 Å². The number of nitrogens with zero attached hydrogens (tertiary/aromatic N) is 1. The summed E-state index contributed by atoms with van der Waals surface area (Å²) in [6, 6.07) is 14.4. The molecule has 0 amide bonds. The van der Waals surface area contributed by atoms with Crippen LogP contribution in [0.1, 0.15) is 22.7 Å². The Bertz CT molecular complexity index is 628. The first-order valence-electron chi connectivity index (χ1n) is 7.15. The zero-order valence-corrected chi connectivity index (χ0v) is 13.2. The molecule has 2 N–H and O–H groups in total. The predicted molar refractivity (Wildman–Crippen MR) is 88.8 cm³/mol. The topological polar surface area (TPSA) is 29.3 Å². The highest BCUT2D eigenvalue weighted by molar-refractivity contribution is 6.34. The molecule has 2 aromatic rings. The fourth-order valence-electron chi connectivity index (χ4n) is 3.05. The van der Waals surface area contributed by atoms with Crippen LogP contribution in [0.15, 0.2) is 42.5 Å². The zero-order valence-electron chi connectivity index (χ0n) is 11.7. The molecule has 0 aromatic heterocycles. The molecule has 110 valence electrons. The minimum absolute atomic E-state index is 0.162. The van der Waals surface area contributed by atoms with E-state index in [1.165, 1.54) is 5.56 Å². The van der Waals surface area contributed by atoms with Crippen molar-refractivity contribution in [3.05, 3.63) is 69.2 Å². The van der Waals surface area contributed by atoms with Gasteiger partial charge in [-0.15, -0.1) is 0 Å². The van der Waals surface area contributed by atoms with Gasteiger partial charge in [-0.25, -0.2) is 0 Å². The molecule has 2 nitrogen and oxygen atoms in total. The Kier molecular flexibility index (Phi) is 4.51. The maximum Gasteiger partial charge on any atom is 0.0492 e. The molecule has 1 aliphatic rings. The zero-order chi connectivity index (χ0) is 14.8. The Morgan fingerprint density at radius 1 is 1.05 bits per heavy atom. The van der Waals surface area contributed by atoms with Gasteiger partial charge in [-0.2, -0.15) is 0 Å². The van der Waals surface area contributed by atoms with Crippen LogP contribution >= 0.6 is 23.2 Å². The average molecular weight is 321 g/mol. The molecule has 1 aliphatic heterocycles. The first-order chi connectivity index (χ1) is 10.2. The van der Waals surface area contributed by atoms with E-state index in [4.69, 9.17) is 28.9 Å². The third-order valence-electron chi connectivity index (χ3n) is 4.14. The second kappa shape index (κ2) is 6.37. The Morgan fingerprint density at radius 3 is 2.48 bits per heavy atom. The summed E-state index contributed by atoms with van der Waals surface area (Å²) in [4.78, 5) is 2.37. The molecule has 2 aromatic carbocycles. The van der Waals surface area contributed by atoms with Crippen molar-refractivity contribution in [1.82, 2.24) is 4.90 Å². The highest BCUT2D eigenvalue weighted by atomic mass is 35.5. The number of hydrogen-bond donors (Lipinski definition) is 1. The van der Waals surface area contributed by atoms with Gasteiger partial charge in [0.05, 0.1) is 0 Å². The first-order valence-corrected chi connectivity index (χ1v) is 7.91. The lowest BCUT2D eigenvalue weighted by molar-refractivity contribution is 0.223. The summed E-state index contributed by atoms with van der Waals surface area (Å²) < 4.78 is 0. The van der Waals surface area contributed by atoms with Crippen LogP contribution in [0.4, 0.5) is 0 Å². The van der Waals surface area contributed by atoms with E-state index in [2.05, 4.69) is 29.2 Å². The second-order valence-electron chi connectivity index (χ2n) is 5.38. The molecule has 4 heteroatoms. The fraction of sp³-hybridized carbons (Fsp3) is 0.294. The van der Waals surface area contributed by atoms with Crippen molar-refractivity contribution in [2.24, 2.45) is 5.73 Å². The van der Waals surface area contributed by atoms with E-state index >= 15 is 0 Å². The van der Waals surface area contributed by atoms with Crippen LogP contribution in [0.25, 0.3) is 0 Å². The van der Waals surface area contributed by atoms with E-state index in [1.807, 2.05) is 18.2 Å². The van der Waals surface area contributed by atoms with Gasteiger partial charge in [0, 0.05) is 35.7 Å². The molecule has 21 heavy (non-hydrogen) atoms. The Balaban J connectivity index is 1.79. The molecule has 1 atom stereocenters. The minimum atomic E-state index is 0.162. The molecule has 0 saturated heterocycles. The van der Waals surface area contributed by atoms with Crippen LogP contribution < -0.4 is 5.73 Å². The number of halogens is 2. The summed E-state index contributed by atoms with van der Waals surface area (Å²) in [6.07, 6.45) is 1.00. The molecule has 0 fully saturated rings. The molecule has 0 radical (unpaired) electrons. The van der Waals surface area contributed by atoms with E-state index in [0.29, 0.717) is 6.54 Å². The Morgan fingerprint density at radius 2 is 1.76 bits per heavy atom. The quantitative estimate of drug-likeness (QED) is 0.920. The van der Waals surface area contributed by atoms with Gasteiger partial charge in [-0.3, -0.25) is 4.90 Å². The van der Waals surface area contributed by atoms with Gasteiger partial charge < -0.3 is 5.73 Å². The van der Waals surface area contributed by atoms with Crippen LogP contribution in [0.3, 0.4) is 0 Å². The molecule has 3 rings (SSSR count). The highest BCUT2D eigenvalue weighted by Gasteiger charge is 2.32. The number of nitrogens with two attached hydrogens (primary N) is 1. The van der Waals surface area contributed by atoms with E-state index in [-0.39, 0.29) is 6.04 Å². The maximum absolute atomic E-state index is 6.36. The van der Waals surface area contributed by atoms with E-state index in [9.17, 15) is 0 Å². The van der Waals surface area contributed by atoms with Crippen molar-refractivity contribution in [3.63, 3.8) is 0 Å². The average Bonchev–Trinajstić information content (AvgIpc) is 2.90. The summed E-state index contributed by atoms with van der Waals surface area (Å²) >= 11 is 12.7. The molecule has 0 aliphatic carbocycles. The van der Waals surface area contributed by atoms with Gasteiger partial charge in [0.25, 0.3) is 0 Å². The summed E-state index contributed by atoms with van der Waals surface area (Å²) in [6.45, 7) is 2.33. The molecule has 0 saturated carbocycles. The van der Waals surface area contributed by atoms with Crippen molar-refractivity contribution >= 4 is 23.2 Å².